The first-order valence-electron chi connectivity index (χ1n) is 10.1. The molecule has 0 fully saturated rings. The molecular weight excluding hydrogens is 474 g/mol. The van der Waals surface area contributed by atoms with Crippen LogP contribution in [0.1, 0.15) is 16.3 Å². The minimum atomic E-state index is -0.375. The lowest BCUT2D eigenvalue weighted by atomic mass is 10.2. The van der Waals surface area contributed by atoms with E-state index in [4.69, 9.17) is 20.4 Å². The first-order chi connectivity index (χ1) is 16.5. The fourth-order valence-electron chi connectivity index (χ4n) is 3.18. The summed E-state index contributed by atoms with van der Waals surface area (Å²) in [5.74, 6) is 0.757. The monoisotopic (exact) mass is 489 g/mol. The fourth-order valence-corrected chi connectivity index (χ4v) is 4.20. The summed E-state index contributed by atoms with van der Waals surface area (Å²) in [5, 5.41) is 6.61. The van der Waals surface area contributed by atoms with Crippen molar-refractivity contribution in [2.45, 2.75) is 0 Å². The summed E-state index contributed by atoms with van der Waals surface area (Å²) < 4.78 is 11.7. The summed E-state index contributed by atoms with van der Waals surface area (Å²) in [4.78, 5) is 28.9. The zero-order chi connectivity index (χ0) is 23.5. The first-order valence-corrected chi connectivity index (χ1v) is 11.3. The van der Waals surface area contributed by atoms with E-state index in [1.165, 1.54) is 23.7 Å². The predicted molar refractivity (Wildman–Crippen MR) is 133 cm³/mol. The van der Waals surface area contributed by atoms with E-state index >= 15 is 0 Å². The van der Waals surface area contributed by atoms with E-state index in [-0.39, 0.29) is 17.6 Å². The average molecular weight is 490 g/mol. The van der Waals surface area contributed by atoms with Crippen molar-refractivity contribution >= 4 is 61.9 Å². The Bertz CT molecular complexity index is 1500. The molecule has 0 atom stereocenters. The number of nitrogens with one attached hydrogen (secondary N) is 2. The zero-order valence-corrected chi connectivity index (χ0v) is 19.0. The molecule has 5 aromatic rings. The van der Waals surface area contributed by atoms with Crippen molar-refractivity contribution in [3.05, 3.63) is 95.6 Å². The molecule has 0 aliphatic carbocycles. The van der Waals surface area contributed by atoms with Gasteiger partial charge in [-0.1, -0.05) is 22.9 Å². The van der Waals surface area contributed by atoms with Crippen LogP contribution in [0.25, 0.3) is 27.6 Å². The van der Waals surface area contributed by atoms with Crippen molar-refractivity contribution in [2.75, 3.05) is 10.6 Å². The smallest absolute Gasteiger partial charge is 0.293 e. The topological polar surface area (TPSA) is 97.4 Å². The zero-order valence-electron chi connectivity index (χ0n) is 17.4. The standard InChI is InChI=1S/C25H16ClN3O4S/c26-16-5-3-15(4-6-16)20-11-8-18(33-20)9-12-23(30)27-17-7-10-19-22(14-17)34-25(28-19)29-24(31)21-2-1-13-32-21/h1-14H,(H,27,30)(H,28,29,31)/b12-9+. The second-order valence-corrected chi connectivity index (χ2v) is 8.63. The van der Waals surface area contributed by atoms with Gasteiger partial charge in [0.15, 0.2) is 10.9 Å². The number of nitrogens with zero attached hydrogens (tertiary/aromatic N) is 1. The molecule has 5 rings (SSSR count). The van der Waals surface area contributed by atoms with Gasteiger partial charge in [-0.25, -0.2) is 4.98 Å². The van der Waals surface area contributed by atoms with Crippen LogP contribution < -0.4 is 10.6 Å². The summed E-state index contributed by atoms with van der Waals surface area (Å²) in [5.41, 5.74) is 2.21. The molecule has 0 unspecified atom stereocenters. The van der Waals surface area contributed by atoms with Gasteiger partial charge in [0.05, 0.1) is 16.5 Å². The largest absolute Gasteiger partial charge is 0.459 e. The van der Waals surface area contributed by atoms with Gasteiger partial charge in [-0.3, -0.25) is 14.9 Å². The second-order valence-electron chi connectivity index (χ2n) is 7.16. The average Bonchev–Trinajstić information content (AvgIpc) is 3.58. The molecule has 0 spiro atoms. The lowest BCUT2D eigenvalue weighted by Crippen LogP contribution is -2.10. The molecule has 0 aliphatic heterocycles. The molecule has 2 amide bonds. The maximum Gasteiger partial charge on any atom is 0.293 e. The number of carbonyl (C=O) groups is 2. The summed E-state index contributed by atoms with van der Waals surface area (Å²) in [6.07, 6.45) is 4.43. The molecule has 0 aliphatic rings. The van der Waals surface area contributed by atoms with E-state index in [1.54, 1.807) is 54.6 Å². The summed E-state index contributed by atoms with van der Waals surface area (Å²) >= 11 is 7.22. The highest BCUT2D eigenvalue weighted by Crippen LogP contribution is 2.29. The SMILES string of the molecule is O=C(/C=C/c1ccc(-c2ccc(Cl)cc2)o1)Nc1ccc2nc(NC(=O)c3ccco3)sc2c1. The minimum Gasteiger partial charge on any atom is -0.459 e. The maximum atomic E-state index is 12.4. The summed E-state index contributed by atoms with van der Waals surface area (Å²) in [6.45, 7) is 0. The maximum absolute atomic E-state index is 12.4. The molecule has 168 valence electrons. The number of anilines is 2. The van der Waals surface area contributed by atoms with Gasteiger partial charge in [-0.15, -0.1) is 0 Å². The molecule has 0 saturated heterocycles. The predicted octanol–water partition coefficient (Wildman–Crippen LogP) is 6.71. The lowest BCUT2D eigenvalue weighted by molar-refractivity contribution is -0.111. The van der Waals surface area contributed by atoms with Crippen LogP contribution in [-0.4, -0.2) is 16.8 Å². The number of furan rings is 2. The number of thiazole rings is 1. The van der Waals surface area contributed by atoms with E-state index in [1.807, 2.05) is 18.2 Å². The van der Waals surface area contributed by atoms with Gasteiger partial charge in [-0.05, 0) is 72.8 Å². The van der Waals surface area contributed by atoms with Gasteiger partial charge in [0.1, 0.15) is 11.5 Å². The van der Waals surface area contributed by atoms with Crippen LogP contribution in [0.4, 0.5) is 10.8 Å². The number of amides is 2. The first kappa shape index (κ1) is 21.7. The Hall–Kier alpha value is -4.14. The number of carbonyl (C=O) groups excluding carboxylic acids is 2. The molecule has 3 heterocycles. The van der Waals surface area contributed by atoms with Crippen LogP contribution in [-0.2, 0) is 4.79 Å². The molecule has 34 heavy (non-hydrogen) atoms. The highest BCUT2D eigenvalue weighted by molar-refractivity contribution is 7.22. The van der Waals surface area contributed by atoms with E-state index in [2.05, 4.69) is 15.6 Å². The number of hydrogen-bond donors (Lipinski definition) is 2. The Morgan fingerprint density at radius 1 is 1.00 bits per heavy atom. The van der Waals surface area contributed by atoms with E-state index in [9.17, 15) is 9.59 Å². The Morgan fingerprint density at radius 2 is 1.85 bits per heavy atom. The Labute approximate surface area is 202 Å². The van der Waals surface area contributed by atoms with Gasteiger partial charge < -0.3 is 14.2 Å². The van der Waals surface area contributed by atoms with Crippen molar-refractivity contribution in [2.24, 2.45) is 0 Å². The van der Waals surface area contributed by atoms with Crippen LogP contribution in [0.2, 0.25) is 5.02 Å². The number of benzene rings is 2. The molecule has 7 nitrogen and oxygen atoms in total. The fraction of sp³-hybridized carbons (Fsp3) is 0. The van der Waals surface area contributed by atoms with Crippen LogP contribution in [0.5, 0.6) is 0 Å². The van der Waals surface area contributed by atoms with Crippen molar-refractivity contribution in [3.63, 3.8) is 0 Å². The number of halogens is 1. The van der Waals surface area contributed by atoms with Gasteiger partial charge in [0.25, 0.3) is 5.91 Å². The molecule has 9 heteroatoms. The normalized spacial score (nSPS) is 11.2. The number of rotatable bonds is 6. The van der Waals surface area contributed by atoms with Crippen LogP contribution in [0, 0.1) is 0 Å². The van der Waals surface area contributed by atoms with Crippen LogP contribution in [0.3, 0.4) is 0 Å². The minimum absolute atomic E-state index is 0.204. The van der Waals surface area contributed by atoms with Crippen molar-refractivity contribution < 1.29 is 18.4 Å². The highest BCUT2D eigenvalue weighted by atomic mass is 35.5. The molecule has 0 bridgehead atoms. The second kappa shape index (κ2) is 9.38. The Morgan fingerprint density at radius 3 is 2.65 bits per heavy atom. The summed E-state index contributed by atoms with van der Waals surface area (Å²) in [7, 11) is 0. The third kappa shape index (κ3) is 4.93. The summed E-state index contributed by atoms with van der Waals surface area (Å²) in [6, 6.07) is 19.5. The van der Waals surface area contributed by atoms with E-state index in [0.717, 1.165) is 10.3 Å². The molecule has 3 aromatic heterocycles. The highest BCUT2D eigenvalue weighted by Gasteiger charge is 2.12. The van der Waals surface area contributed by atoms with E-state index < -0.39 is 0 Å². The third-order valence-electron chi connectivity index (χ3n) is 4.78. The van der Waals surface area contributed by atoms with Gasteiger partial charge >= 0.3 is 0 Å². The van der Waals surface area contributed by atoms with Crippen molar-refractivity contribution in [1.29, 1.82) is 0 Å². The number of fused-ring (bicyclic) bond motifs is 1. The van der Waals surface area contributed by atoms with Crippen LogP contribution >= 0.6 is 22.9 Å². The molecule has 0 radical (unpaired) electrons. The Kier molecular flexibility index (Phi) is 5.99. The van der Waals surface area contributed by atoms with Gasteiger partial charge in [0.2, 0.25) is 5.91 Å². The van der Waals surface area contributed by atoms with Crippen molar-refractivity contribution in [1.82, 2.24) is 4.98 Å². The van der Waals surface area contributed by atoms with Crippen LogP contribution in [0.15, 0.2) is 87.9 Å². The number of aromatic nitrogens is 1. The quantitative estimate of drug-likeness (QED) is 0.258. The molecule has 2 aromatic carbocycles. The molecule has 2 N–H and O–H groups in total. The van der Waals surface area contributed by atoms with Crippen molar-refractivity contribution in [3.8, 4) is 11.3 Å². The van der Waals surface area contributed by atoms with E-state index in [0.29, 0.717) is 32.9 Å². The third-order valence-corrected chi connectivity index (χ3v) is 5.96. The lowest BCUT2D eigenvalue weighted by Gasteiger charge is -2.01. The molecule has 0 saturated carbocycles. The Balaban J connectivity index is 1.23. The molecular formula is C25H16ClN3O4S. The van der Waals surface area contributed by atoms with Gasteiger partial charge in [0, 0.05) is 22.3 Å². The van der Waals surface area contributed by atoms with Gasteiger partial charge in [-0.2, -0.15) is 0 Å². The number of hydrogen-bond acceptors (Lipinski definition) is 6.